The van der Waals surface area contributed by atoms with Gasteiger partial charge in [-0.25, -0.2) is 9.97 Å². The van der Waals surface area contributed by atoms with Gasteiger partial charge >= 0.3 is 0 Å². The van der Waals surface area contributed by atoms with E-state index in [-0.39, 0.29) is 6.10 Å². The smallest absolute Gasteiger partial charge is 0.130 e. The van der Waals surface area contributed by atoms with Crippen LogP contribution in [-0.2, 0) is 28.9 Å². The van der Waals surface area contributed by atoms with Gasteiger partial charge in [-0.05, 0) is 36.6 Å². The molecule has 0 amide bonds. The Hall–Kier alpha value is -2.67. The topological polar surface area (TPSA) is 60.4 Å². The van der Waals surface area contributed by atoms with Gasteiger partial charge in [0.05, 0.1) is 18.9 Å². The molecule has 0 saturated carbocycles. The molecule has 1 fully saturated rings. The Balaban J connectivity index is 1.41. The Labute approximate surface area is 184 Å². The first kappa shape index (κ1) is 21.6. The number of morpholine rings is 1. The van der Waals surface area contributed by atoms with Crippen molar-refractivity contribution in [3.63, 3.8) is 0 Å². The molecule has 0 radical (unpaired) electrons. The molecule has 0 aliphatic carbocycles. The highest BCUT2D eigenvalue weighted by Gasteiger charge is 2.24. The van der Waals surface area contributed by atoms with Gasteiger partial charge in [-0.1, -0.05) is 30.3 Å². The van der Waals surface area contributed by atoms with Gasteiger partial charge in [-0.2, -0.15) is 0 Å². The third-order valence-corrected chi connectivity index (χ3v) is 5.46. The summed E-state index contributed by atoms with van der Waals surface area (Å²) in [6.07, 6.45) is 5.46. The fourth-order valence-electron chi connectivity index (χ4n) is 3.94. The van der Waals surface area contributed by atoms with E-state index in [9.17, 15) is 0 Å². The Bertz CT molecular complexity index is 963. The number of rotatable bonds is 8. The zero-order valence-electron chi connectivity index (χ0n) is 18.3. The van der Waals surface area contributed by atoms with Crippen molar-refractivity contribution in [2.75, 3.05) is 33.4 Å². The molecule has 1 saturated heterocycles. The normalized spacial score (nSPS) is 17.0. The minimum atomic E-state index is -0.0231. The van der Waals surface area contributed by atoms with Crippen LogP contribution in [0.1, 0.15) is 40.0 Å². The summed E-state index contributed by atoms with van der Waals surface area (Å²) in [7, 11) is 1.69. The molecule has 0 N–H and O–H groups in total. The van der Waals surface area contributed by atoms with Crippen LogP contribution in [0.3, 0.4) is 0 Å². The van der Waals surface area contributed by atoms with Crippen LogP contribution in [0.5, 0.6) is 0 Å². The molecule has 3 heterocycles. The van der Waals surface area contributed by atoms with E-state index < -0.39 is 0 Å². The molecule has 0 unspecified atom stereocenters. The number of nitrogens with zero attached hydrogens (tertiary/aromatic N) is 4. The van der Waals surface area contributed by atoms with Crippen molar-refractivity contribution in [2.24, 2.45) is 0 Å². The zero-order valence-corrected chi connectivity index (χ0v) is 18.3. The maximum Gasteiger partial charge on any atom is 0.130 e. The Morgan fingerprint density at radius 1 is 1.06 bits per heavy atom. The average Bonchev–Trinajstić information content (AvgIpc) is 2.79. The summed E-state index contributed by atoms with van der Waals surface area (Å²) in [6, 6.07) is 14.9. The molecule has 4 rings (SSSR count). The van der Waals surface area contributed by atoms with Gasteiger partial charge in [0.25, 0.3) is 0 Å². The van der Waals surface area contributed by atoms with Crippen LogP contribution in [0, 0.1) is 6.92 Å². The molecule has 0 spiro atoms. The molecule has 1 atom stereocenters. The predicted molar refractivity (Wildman–Crippen MR) is 120 cm³/mol. The molecule has 6 heteroatoms. The number of ether oxygens (including phenoxy) is 2. The van der Waals surface area contributed by atoms with Gasteiger partial charge in [-0.3, -0.25) is 9.88 Å². The van der Waals surface area contributed by atoms with Gasteiger partial charge in [0.1, 0.15) is 11.9 Å². The molecule has 2 aromatic heterocycles. The number of hydrogen-bond donors (Lipinski definition) is 0. The van der Waals surface area contributed by atoms with Crippen LogP contribution in [0.4, 0.5) is 0 Å². The van der Waals surface area contributed by atoms with E-state index >= 15 is 0 Å². The Morgan fingerprint density at radius 3 is 2.65 bits per heavy atom. The van der Waals surface area contributed by atoms with E-state index in [1.807, 2.05) is 12.4 Å². The molecule has 0 bridgehead atoms. The molecule has 1 aliphatic rings. The summed E-state index contributed by atoms with van der Waals surface area (Å²) >= 11 is 0. The first-order valence-corrected chi connectivity index (χ1v) is 10.8. The molecule has 6 nitrogen and oxygen atoms in total. The van der Waals surface area contributed by atoms with Crippen molar-refractivity contribution in [2.45, 2.75) is 32.4 Å². The number of benzene rings is 1. The lowest BCUT2D eigenvalue weighted by Crippen LogP contribution is -2.38. The van der Waals surface area contributed by atoms with Gasteiger partial charge in [0.2, 0.25) is 0 Å². The van der Waals surface area contributed by atoms with Crippen LogP contribution >= 0.6 is 0 Å². The average molecular weight is 419 g/mol. The lowest BCUT2D eigenvalue weighted by Gasteiger charge is -2.32. The van der Waals surface area contributed by atoms with Crippen molar-refractivity contribution in [3.8, 4) is 0 Å². The zero-order chi connectivity index (χ0) is 21.5. The number of aryl methyl sites for hydroxylation is 1. The second-order valence-electron chi connectivity index (χ2n) is 8.05. The van der Waals surface area contributed by atoms with Crippen LogP contribution in [-0.4, -0.2) is 53.3 Å². The minimum absolute atomic E-state index is 0.0231. The van der Waals surface area contributed by atoms with Crippen molar-refractivity contribution in [3.05, 3.63) is 88.8 Å². The summed E-state index contributed by atoms with van der Waals surface area (Å²) in [5.41, 5.74) is 5.74. The largest absolute Gasteiger partial charge is 0.384 e. The molecule has 162 valence electrons. The predicted octanol–water partition coefficient (Wildman–Crippen LogP) is 3.53. The van der Waals surface area contributed by atoms with Crippen LogP contribution in [0.25, 0.3) is 0 Å². The number of hydrogen-bond acceptors (Lipinski definition) is 6. The standard InChI is InChI=1S/C25H30N4O2/c1-19-12-21(13-20-6-4-3-5-7-20)14-23(28-19)24-18-29(9-11-31-24)17-22-15-26-25(27-16-22)8-10-30-2/h3-7,12,14-16,24H,8-11,13,17-18H2,1-2H3/t24-/m1/s1. The van der Waals surface area contributed by atoms with E-state index in [1.54, 1.807) is 7.11 Å². The van der Waals surface area contributed by atoms with E-state index in [1.165, 1.54) is 11.1 Å². The van der Waals surface area contributed by atoms with Crippen LogP contribution in [0.2, 0.25) is 0 Å². The highest BCUT2D eigenvalue weighted by Crippen LogP contribution is 2.24. The minimum Gasteiger partial charge on any atom is -0.384 e. The lowest BCUT2D eigenvalue weighted by atomic mass is 10.0. The summed E-state index contributed by atoms with van der Waals surface area (Å²) in [6.45, 7) is 5.91. The van der Waals surface area contributed by atoms with E-state index in [4.69, 9.17) is 14.5 Å². The van der Waals surface area contributed by atoms with Gasteiger partial charge in [0.15, 0.2) is 0 Å². The van der Waals surface area contributed by atoms with Crippen molar-refractivity contribution in [1.82, 2.24) is 19.9 Å². The third kappa shape index (κ3) is 6.17. The maximum atomic E-state index is 6.11. The molecule has 1 aliphatic heterocycles. The lowest BCUT2D eigenvalue weighted by molar-refractivity contribution is -0.0351. The highest BCUT2D eigenvalue weighted by molar-refractivity contribution is 5.29. The van der Waals surface area contributed by atoms with Crippen LogP contribution in [0.15, 0.2) is 54.9 Å². The molecule has 3 aromatic rings. The first-order valence-electron chi connectivity index (χ1n) is 10.8. The first-order chi connectivity index (χ1) is 15.2. The van der Waals surface area contributed by atoms with Crippen LogP contribution < -0.4 is 0 Å². The second-order valence-corrected chi connectivity index (χ2v) is 8.05. The van der Waals surface area contributed by atoms with Crippen molar-refractivity contribution < 1.29 is 9.47 Å². The summed E-state index contributed by atoms with van der Waals surface area (Å²) in [5, 5.41) is 0. The Morgan fingerprint density at radius 2 is 1.87 bits per heavy atom. The SMILES string of the molecule is COCCc1ncc(CN2CCO[C@@H](c3cc(Cc4ccccc4)cc(C)n3)C2)cn1. The highest BCUT2D eigenvalue weighted by atomic mass is 16.5. The number of aromatic nitrogens is 3. The fraction of sp³-hybridized carbons (Fsp3) is 0.400. The van der Waals surface area contributed by atoms with E-state index in [2.05, 4.69) is 64.3 Å². The number of pyridine rings is 1. The monoisotopic (exact) mass is 418 g/mol. The molecule has 31 heavy (non-hydrogen) atoms. The maximum absolute atomic E-state index is 6.11. The van der Waals surface area contributed by atoms with E-state index in [0.29, 0.717) is 13.2 Å². The van der Waals surface area contributed by atoms with Gasteiger partial charge < -0.3 is 9.47 Å². The third-order valence-electron chi connectivity index (χ3n) is 5.46. The van der Waals surface area contributed by atoms with Gasteiger partial charge in [0, 0.05) is 56.8 Å². The van der Waals surface area contributed by atoms with E-state index in [0.717, 1.165) is 55.3 Å². The Kier molecular flexibility index (Phi) is 7.35. The fourth-order valence-corrected chi connectivity index (χ4v) is 3.94. The summed E-state index contributed by atoms with van der Waals surface area (Å²) in [4.78, 5) is 16.1. The van der Waals surface area contributed by atoms with Gasteiger partial charge in [-0.15, -0.1) is 0 Å². The molecular weight excluding hydrogens is 388 g/mol. The quantitative estimate of drug-likeness (QED) is 0.558. The van der Waals surface area contributed by atoms with Crippen molar-refractivity contribution in [1.29, 1.82) is 0 Å². The summed E-state index contributed by atoms with van der Waals surface area (Å²) < 4.78 is 11.2. The second kappa shape index (κ2) is 10.6. The molecular formula is C25H30N4O2. The van der Waals surface area contributed by atoms with Crippen molar-refractivity contribution >= 4 is 0 Å². The molecule has 1 aromatic carbocycles. The number of methoxy groups -OCH3 is 1. The summed E-state index contributed by atoms with van der Waals surface area (Å²) in [5.74, 6) is 0.820.